The van der Waals surface area contributed by atoms with Crippen LogP contribution in [0.5, 0.6) is 5.75 Å². The lowest BCUT2D eigenvalue weighted by molar-refractivity contribution is -0.122. The van der Waals surface area contributed by atoms with Crippen molar-refractivity contribution in [3.63, 3.8) is 0 Å². The number of carbonyl (C=O) groups is 1. The van der Waals surface area contributed by atoms with Gasteiger partial charge in [0.2, 0.25) is 0 Å². The van der Waals surface area contributed by atoms with Crippen LogP contribution in [-0.4, -0.2) is 21.8 Å². The summed E-state index contributed by atoms with van der Waals surface area (Å²) in [7, 11) is 0. The zero-order valence-electron chi connectivity index (χ0n) is 14.9. The molecule has 1 aromatic heterocycles. The first-order valence-corrected chi connectivity index (χ1v) is 8.69. The maximum absolute atomic E-state index is 12.6. The minimum Gasteiger partial charge on any atom is -0.479 e. The van der Waals surface area contributed by atoms with Crippen LogP contribution >= 0.6 is 11.6 Å². The lowest BCUT2D eigenvalue weighted by atomic mass is 10.2. The quantitative estimate of drug-likeness (QED) is 0.717. The Morgan fingerprint density at radius 3 is 2.46 bits per heavy atom. The second-order valence-corrected chi connectivity index (χ2v) is 6.38. The second-order valence-electron chi connectivity index (χ2n) is 5.97. The van der Waals surface area contributed by atoms with Gasteiger partial charge in [-0.3, -0.25) is 4.79 Å². The lowest BCUT2D eigenvalue weighted by Gasteiger charge is -2.15. The molecule has 0 saturated carbocycles. The molecular weight excluding hydrogens is 350 g/mol. The van der Waals surface area contributed by atoms with Crippen LogP contribution in [0.2, 0.25) is 5.02 Å². The maximum Gasteiger partial charge on any atom is 0.265 e. The monoisotopic (exact) mass is 369 g/mol. The lowest BCUT2D eigenvalue weighted by Crippen LogP contribution is -2.30. The Hall–Kier alpha value is -2.79. The Balaban J connectivity index is 1.77. The van der Waals surface area contributed by atoms with E-state index in [0.717, 1.165) is 17.1 Å². The van der Waals surface area contributed by atoms with Gasteiger partial charge in [0.05, 0.1) is 27.8 Å². The van der Waals surface area contributed by atoms with Gasteiger partial charge in [0, 0.05) is 0 Å². The number of amides is 1. The highest BCUT2D eigenvalue weighted by atomic mass is 35.5. The summed E-state index contributed by atoms with van der Waals surface area (Å²) in [6, 6.07) is 16.9. The van der Waals surface area contributed by atoms with E-state index in [2.05, 4.69) is 10.4 Å². The van der Waals surface area contributed by atoms with Crippen molar-refractivity contribution in [1.82, 2.24) is 9.78 Å². The van der Waals surface area contributed by atoms with Crippen LogP contribution in [-0.2, 0) is 4.79 Å². The zero-order valence-corrected chi connectivity index (χ0v) is 15.6. The van der Waals surface area contributed by atoms with Crippen LogP contribution in [0.1, 0.15) is 18.3 Å². The van der Waals surface area contributed by atoms with Crippen LogP contribution in [0.15, 0.2) is 54.6 Å². The number of para-hydroxylation sites is 2. The summed E-state index contributed by atoms with van der Waals surface area (Å²) in [4.78, 5) is 12.6. The number of anilines is 1. The van der Waals surface area contributed by atoms with E-state index < -0.39 is 6.10 Å². The number of hydrogen-bond donors (Lipinski definition) is 1. The third kappa shape index (κ3) is 3.73. The van der Waals surface area contributed by atoms with E-state index in [1.54, 1.807) is 19.1 Å². The van der Waals surface area contributed by atoms with Crippen molar-refractivity contribution in [3.8, 4) is 11.4 Å². The average Bonchev–Trinajstić information content (AvgIpc) is 2.92. The summed E-state index contributed by atoms with van der Waals surface area (Å²) in [5.74, 6) is 0.217. The molecule has 1 N–H and O–H groups in total. The molecule has 134 valence electrons. The Bertz CT molecular complexity index is 922. The van der Waals surface area contributed by atoms with Gasteiger partial charge in [-0.15, -0.1) is 0 Å². The number of carbonyl (C=O) groups excluding carboxylic acids is 1. The summed E-state index contributed by atoms with van der Waals surface area (Å²) >= 11 is 6.08. The molecule has 1 unspecified atom stereocenters. The Morgan fingerprint density at radius 2 is 1.77 bits per heavy atom. The summed E-state index contributed by atoms with van der Waals surface area (Å²) in [6.07, 6.45) is -0.700. The normalized spacial score (nSPS) is 11.8. The van der Waals surface area contributed by atoms with Gasteiger partial charge in [0.15, 0.2) is 6.10 Å². The van der Waals surface area contributed by atoms with Crippen molar-refractivity contribution in [1.29, 1.82) is 0 Å². The van der Waals surface area contributed by atoms with Crippen LogP contribution in [0.3, 0.4) is 0 Å². The molecule has 26 heavy (non-hydrogen) atoms. The standard InChI is InChI=1S/C20H20ClN3O2/c1-13-19(14(2)24(23-13)16-9-5-4-6-10-16)22-20(25)15(3)26-18-12-8-7-11-17(18)21/h4-12,15H,1-3H3,(H,22,25). The molecule has 3 rings (SSSR count). The smallest absolute Gasteiger partial charge is 0.265 e. The Kier molecular flexibility index (Phi) is 5.28. The van der Waals surface area contributed by atoms with E-state index in [9.17, 15) is 4.79 Å². The molecule has 0 aliphatic heterocycles. The fourth-order valence-electron chi connectivity index (χ4n) is 2.65. The van der Waals surface area contributed by atoms with E-state index in [1.165, 1.54) is 0 Å². The van der Waals surface area contributed by atoms with E-state index >= 15 is 0 Å². The van der Waals surface area contributed by atoms with Crippen molar-refractivity contribution in [2.45, 2.75) is 26.9 Å². The highest BCUT2D eigenvalue weighted by Crippen LogP contribution is 2.26. The summed E-state index contributed by atoms with van der Waals surface area (Å²) in [5.41, 5.74) is 3.22. The van der Waals surface area contributed by atoms with Gasteiger partial charge >= 0.3 is 0 Å². The average molecular weight is 370 g/mol. The van der Waals surface area contributed by atoms with Crippen LogP contribution < -0.4 is 10.1 Å². The van der Waals surface area contributed by atoms with Crippen LogP contribution in [0.4, 0.5) is 5.69 Å². The summed E-state index contributed by atoms with van der Waals surface area (Å²) in [5, 5.41) is 7.92. The molecule has 0 spiro atoms. The molecular formula is C20H20ClN3O2. The van der Waals surface area contributed by atoms with Crippen LogP contribution in [0, 0.1) is 13.8 Å². The first-order chi connectivity index (χ1) is 12.5. The number of rotatable bonds is 5. The Labute approximate surface area is 157 Å². The van der Waals surface area contributed by atoms with E-state index in [4.69, 9.17) is 16.3 Å². The van der Waals surface area contributed by atoms with Crippen molar-refractivity contribution in [2.75, 3.05) is 5.32 Å². The largest absolute Gasteiger partial charge is 0.479 e. The highest BCUT2D eigenvalue weighted by Gasteiger charge is 2.20. The van der Waals surface area contributed by atoms with E-state index in [1.807, 2.05) is 61.0 Å². The molecule has 0 aliphatic rings. The predicted octanol–water partition coefficient (Wildman–Crippen LogP) is 4.55. The number of ether oxygens (including phenoxy) is 1. The molecule has 0 saturated heterocycles. The van der Waals surface area contributed by atoms with E-state index in [-0.39, 0.29) is 5.91 Å². The first-order valence-electron chi connectivity index (χ1n) is 8.31. The zero-order chi connectivity index (χ0) is 18.7. The van der Waals surface area contributed by atoms with Crippen molar-refractivity contribution < 1.29 is 9.53 Å². The molecule has 0 radical (unpaired) electrons. The fraction of sp³-hybridized carbons (Fsp3) is 0.200. The minimum atomic E-state index is -0.700. The first kappa shape index (κ1) is 18.0. The second kappa shape index (κ2) is 7.62. The van der Waals surface area contributed by atoms with Gasteiger partial charge in [-0.2, -0.15) is 5.10 Å². The van der Waals surface area contributed by atoms with Crippen LogP contribution in [0.25, 0.3) is 5.69 Å². The van der Waals surface area contributed by atoms with Crippen molar-refractivity contribution in [2.24, 2.45) is 0 Å². The number of halogens is 1. The molecule has 0 aliphatic carbocycles. The predicted molar refractivity (Wildman–Crippen MR) is 103 cm³/mol. The molecule has 1 atom stereocenters. The maximum atomic E-state index is 12.6. The molecule has 2 aromatic carbocycles. The molecule has 1 heterocycles. The SMILES string of the molecule is Cc1nn(-c2ccccc2)c(C)c1NC(=O)C(C)Oc1ccccc1Cl. The number of benzene rings is 2. The van der Waals surface area contributed by atoms with E-state index in [0.29, 0.717) is 16.5 Å². The molecule has 3 aromatic rings. The highest BCUT2D eigenvalue weighted by molar-refractivity contribution is 6.32. The van der Waals surface area contributed by atoms with Gasteiger partial charge in [-0.1, -0.05) is 41.9 Å². The molecule has 0 fully saturated rings. The third-order valence-corrected chi connectivity index (χ3v) is 4.36. The molecule has 1 amide bonds. The third-order valence-electron chi connectivity index (χ3n) is 4.05. The van der Waals surface area contributed by atoms with Crippen molar-refractivity contribution in [3.05, 3.63) is 71.0 Å². The molecule has 6 heteroatoms. The van der Waals surface area contributed by atoms with Gasteiger partial charge in [0.25, 0.3) is 5.91 Å². The molecule has 5 nitrogen and oxygen atoms in total. The topological polar surface area (TPSA) is 56.2 Å². The van der Waals surface area contributed by atoms with Gasteiger partial charge < -0.3 is 10.1 Å². The number of aryl methyl sites for hydroxylation is 1. The van der Waals surface area contributed by atoms with Crippen molar-refractivity contribution >= 4 is 23.2 Å². The fourth-order valence-corrected chi connectivity index (χ4v) is 2.83. The number of nitrogens with zero attached hydrogens (tertiary/aromatic N) is 2. The van der Waals surface area contributed by atoms with Gasteiger partial charge in [0.1, 0.15) is 5.75 Å². The number of hydrogen-bond acceptors (Lipinski definition) is 3. The summed E-state index contributed by atoms with van der Waals surface area (Å²) < 4.78 is 7.49. The summed E-state index contributed by atoms with van der Waals surface area (Å²) in [6.45, 7) is 5.47. The Morgan fingerprint density at radius 1 is 1.12 bits per heavy atom. The minimum absolute atomic E-state index is 0.260. The number of aromatic nitrogens is 2. The number of nitrogens with one attached hydrogen (secondary N) is 1. The van der Waals surface area contributed by atoms with Gasteiger partial charge in [-0.25, -0.2) is 4.68 Å². The molecule has 0 bridgehead atoms. The van der Waals surface area contributed by atoms with Gasteiger partial charge in [-0.05, 0) is 45.0 Å².